The standard InChI is InChI=1S/C26H29F3N2O/c1-3-4-6-11-22-24(20-12-14-21(15-13-20)26(27,28)29)23(25(30)32)18(2)31(22)17-16-19-9-7-5-8-10-19/h5,7-10,12-15H,3-4,6,11,16-17H2,1-2H3,(H2,30,32). The average molecular weight is 443 g/mol. The molecule has 1 amide bonds. The van der Waals surface area contributed by atoms with Crippen molar-refractivity contribution in [3.05, 3.63) is 82.7 Å². The molecule has 3 nitrogen and oxygen atoms in total. The van der Waals surface area contributed by atoms with Crippen molar-refractivity contribution < 1.29 is 18.0 Å². The van der Waals surface area contributed by atoms with Crippen molar-refractivity contribution in [1.82, 2.24) is 4.57 Å². The van der Waals surface area contributed by atoms with Gasteiger partial charge in [0.25, 0.3) is 5.91 Å². The lowest BCUT2D eigenvalue weighted by Gasteiger charge is -2.14. The Hall–Kier alpha value is -3.02. The van der Waals surface area contributed by atoms with E-state index in [9.17, 15) is 18.0 Å². The van der Waals surface area contributed by atoms with E-state index in [0.717, 1.165) is 55.6 Å². The molecule has 3 aromatic rings. The van der Waals surface area contributed by atoms with Crippen molar-refractivity contribution in [1.29, 1.82) is 0 Å². The third-order valence-electron chi connectivity index (χ3n) is 5.86. The number of carbonyl (C=O) groups is 1. The molecule has 6 heteroatoms. The first-order valence-electron chi connectivity index (χ1n) is 11.0. The van der Waals surface area contributed by atoms with Gasteiger partial charge in [0.05, 0.1) is 11.1 Å². The number of amides is 1. The topological polar surface area (TPSA) is 48.0 Å². The van der Waals surface area contributed by atoms with Gasteiger partial charge in [0.2, 0.25) is 0 Å². The van der Waals surface area contributed by atoms with Crippen molar-refractivity contribution in [2.45, 2.75) is 58.7 Å². The van der Waals surface area contributed by atoms with E-state index in [1.165, 1.54) is 17.7 Å². The molecule has 2 N–H and O–H groups in total. The Labute approximate surface area is 187 Å². The van der Waals surface area contributed by atoms with E-state index in [2.05, 4.69) is 23.6 Å². The highest BCUT2D eigenvalue weighted by atomic mass is 19.4. The monoisotopic (exact) mass is 442 g/mol. The molecule has 32 heavy (non-hydrogen) atoms. The van der Waals surface area contributed by atoms with Crippen LogP contribution in [0.25, 0.3) is 11.1 Å². The van der Waals surface area contributed by atoms with Crippen LogP contribution >= 0.6 is 0 Å². The van der Waals surface area contributed by atoms with Gasteiger partial charge in [0.15, 0.2) is 0 Å². The predicted octanol–water partition coefficient (Wildman–Crippen LogP) is 6.56. The molecule has 0 radical (unpaired) electrons. The third kappa shape index (κ3) is 5.23. The van der Waals surface area contributed by atoms with E-state index >= 15 is 0 Å². The van der Waals surface area contributed by atoms with Gasteiger partial charge in [-0.1, -0.05) is 62.2 Å². The van der Waals surface area contributed by atoms with Crippen molar-refractivity contribution >= 4 is 5.91 Å². The van der Waals surface area contributed by atoms with E-state index in [-0.39, 0.29) is 0 Å². The summed E-state index contributed by atoms with van der Waals surface area (Å²) in [6.07, 6.45) is 0.0990. The zero-order chi connectivity index (χ0) is 23.3. The number of unbranched alkanes of at least 4 members (excludes halogenated alkanes) is 2. The largest absolute Gasteiger partial charge is 0.416 e. The van der Waals surface area contributed by atoms with E-state index < -0.39 is 17.6 Å². The molecular formula is C26H29F3N2O. The van der Waals surface area contributed by atoms with Crippen LogP contribution in [-0.4, -0.2) is 10.5 Å². The summed E-state index contributed by atoms with van der Waals surface area (Å²) in [6.45, 7) is 4.64. The Kier molecular flexibility index (Phi) is 7.44. The van der Waals surface area contributed by atoms with Crippen molar-refractivity contribution in [3.8, 4) is 11.1 Å². The number of benzene rings is 2. The first-order chi connectivity index (χ1) is 15.2. The second-order valence-electron chi connectivity index (χ2n) is 8.07. The predicted molar refractivity (Wildman–Crippen MR) is 121 cm³/mol. The van der Waals surface area contributed by atoms with Gasteiger partial charge in [-0.2, -0.15) is 13.2 Å². The molecule has 0 atom stereocenters. The lowest BCUT2D eigenvalue weighted by molar-refractivity contribution is -0.137. The Balaban J connectivity index is 2.09. The first-order valence-corrected chi connectivity index (χ1v) is 11.0. The van der Waals surface area contributed by atoms with Crippen LogP contribution in [0.4, 0.5) is 13.2 Å². The van der Waals surface area contributed by atoms with Crippen molar-refractivity contribution in [2.75, 3.05) is 0 Å². The summed E-state index contributed by atoms with van der Waals surface area (Å²) in [4.78, 5) is 12.4. The van der Waals surface area contributed by atoms with E-state index in [1.807, 2.05) is 25.1 Å². The molecule has 0 aliphatic rings. The second kappa shape index (κ2) is 10.1. The molecule has 3 rings (SSSR count). The van der Waals surface area contributed by atoms with Gasteiger partial charge in [-0.05, 0) is 49.4 Å². The molecule has 0 fully saturated rings. The third-order valence-corrected chi connectivity index (χ3v) is 5.86. The fraction of sp³-hybridized carbons (Fsp3) is 0.346. The maximum atomic E-state index is 13.1. The maximum Gasteiger partial charge on any atom is 0.416 e. The molecule has 0 saturated carbocycles. The summed E-state index contributed by atoms with van der Waals surface area (Å²) >= 11 is 0. The summed E-state index contributed by atoms with van der Waals surface area (Å²) in [6, 6.07) is 15.1. The van der Waals surface area contributed by atoms with Gasteiger partial charge in [0, 0.05) is 23.5 Å². The van der Waals surface area contributed by atoms with Crippen LogP contribution in [0.1, 0.15) is 59.1 Å². The quantitative estimate of drug-likeness (QED) is 0.375. The second-order valence-corrected chi connectivity index (χ2v) is 8.07. The van der Waals surface area contributed by atoms with Gasteiger partial charge >= 0.3 is 6.18 Å². The van der Waals surface area contributed by atoms with E-state index in [1.54, 1.807) is 0 Å². The Bertz CT molecular complexity index is 1050. The van der Waals surface area contributed by atoms with Crippen LogP contribution < -0.4 is 5.73 Å². The molecule has 1 heterocycles. The zero-order valence-electron chi connectivity index (χ0n) is 18.5. The molecule has 0 saturated heterocycles. The summed E-state index contributed by atoms with van der Waals surface area (Å²) in [5.74, 6) is -0.562. The first kappa shape index (κ1) is 23.6. The number of hydrogen-bond donors (Lipinski definition) is 1. The van der Waals surface area contributed by atoms with Gasteiger partial charge in [-0.3, -0.25) is 4.79 Å². The Morgan fingerprint density at radius 3 is 2.19 bits per heavy atom. The number of rotatable bonds is 9. The van der Waals surface area contributed by atoms with Crippen molar-refractivity contribution in [3.63, 3.8) is 0 Å². The molecule has 0 aliphatic heterocycles. The summed E-state index contributed by atoms with van der Waals surface area (Å²) < 4.78 is 41.3. The van der Waals surface area contributed by atoms with Crippen LogP contribution in [0, 0.1) is 6.92 Å². The van der Waals surface area contributed by atoms with Gasteiger partial charge < -0.3 is 10.3 Å². The summed E-state index contributed by atoms with van der Waals surface area (Å²) in [7, 11) is 0. The number of nitrogens with zero attached hydrogens (tertiary/aromatic N) is 1. The van der Waals surface area contributed by atoms with Gasteiger partial charge in [0.1, 0.15) is 0 Å². The number of aryl methyl sites for hydroxylation is 1. The van der Waals surface area contributed by atoms with Crippen LogP contribution in [0.2, 0.25) is 0 Å². The van der Waals surface area contributed by atoms with Crippen LogP contribution in [0.3, 0.4) is 0 Å². The van der Waals surface area contributed by atoms with Gasteiger partial charge in [-0.15, -0.1) is 0 Å². The molecular weight excluding hydrogens is 413 g/mol. The number of carbonyl (C=O) groups excluding carboxylic acids is 1. The lowest BCUT2D eigenvalue weighted by Crippen LogP contribution is -2.14. The zero-order valence-corrected chi connectivity index (χ0v) is 18.5. The number of halogens is 3. The van der Waals surface area contributed by atoms with E-state index in [4.69, 9.17) is 5.73 Å². The number of alkyl halides is 3. The fourth-order valence-corrected chi connectivity index (χ4v) is 4.23. The maximum absolute atomic E-state index is 13.1. The SMILES string of the molecule is CCCCCc1c(-c2ccc(C(F)(F)F)cc2)c(C(N)=O)c(C)n1CCc1ccccc1. The molecule has 0 spiro atoms. The van der Waals surface area contributed by atoms with Crippen LogP contribution in [0.15, 0.2) is 54.6 Å². The van der Waals surface area contributed by atoms with Crippen LogP contribution in [-0.2, 0) is 25.6 Å². The van der Waals surface area contributed by atoms with Crippen molar-refractivity contribution in [2.24, 2.45) is 5.73 Å². The lowest BCUT2D eigenvalue weighted by atomic mass is 9.96. The molecule has 0 unspecified atom stereocenters. The number of primary amides is 1. The smallest absolute Gasteiger partial charge is 0.366 e. The number of nitrogens with two attached hydrogens (primary N) is 1. The number of aromatic nitrogens is 1. The molecule has 0 aliphatic carbocycles. The molecule has 0 bridgehead atoms. The molecule has 1 aromatic heterocycles. The van der Waals surface area contributed by atoms with Crippen LogP contribution in [0.5, 0.6) is 0 Å². The minimum absolute atomic E-state index is 0.393. The van der Waals surface area contributed by atoms with Gasteiger partial charge in [-0.25, -0.2) is 0 Å². The highest BCUT2D eigenvalue weighted by Crippen LogP contribution is 2.36. The average Bonchev–Trinajstić information content (AvgIpc) is 3.04. The molecule has 170 valence electrons. The normalized spacial score (nSPS) is 11.7. The highest BCUT2D eigenvalue weighted by molar-refractivity contribution is 6.02. The molecule has 2 aromatic carbocycles. The minimum atomic E-state index is -4.41. The Morgan fingerprint density at radius 1 is 0.969 bits per heavy atom. The number of hydrogen-bond acceptors (Lipinski definition) is 1. The minimum Gasteiger partial charge on any atom is -0.366 e. The fourth-order valence-electron chi connectivity index (χ4n) is 4.23. The summed E-state index contributed by atoms with van der Waals surface area (Å²) in [5, 5.41) is 0. The highest BCUT2D eigenvalue weighted by Gasteiger charge is 2.31. The summed E-state index contributed by atoms with van der Waals surface area (Å²) in [5.41, 5.74) is 9.58. The van der Waals surface area contributed by atoms with E-state index in [0.29, 0.717) is 23.2 Å². The Morgan fingerprint density at radius 2 is 1.62 bits per heavy atom.